The Morgan fingerprint density at radius 3 is 2.76 bits per heavy atom. The second-order valence-corrected chi connectivity index (χ2v) is 6.28. The highest BCUT2D eigenvalue weighted by atomic mass is 35.5. The number of ether oxygens (including phenoxy) is 1. The third-order valence-corrected chi connectivity index (χ3v) is 4.32. The van der Waals surface area contributed by atoms with Gasteiger partial charge in [0, 0.05) is 31.9 Å². The van der Waals surface area contributed by atoms with E-state index in [0.717, 1.165) is 32.5 Å². The van der Waals surface area contributed by atoms with Gasteiger partial charge in [0.05, 0.1) is 23.3 Å². The number of esters is 1. The van der Waals surface area contributed by atoms with Crippen LogP contribution in [-0.4, -0.2) is 60.9 Å². The van der Waals surface area contributed by atoms with Crippen molar-refractivity contribution in [1.29, 1.82) is 0 Å². The van der Waals surface area contributed by atoms with Gasteiger partial charge >= 0.3 is 12.0 Å². The highest BCUT2D eigenvalue weighted by Gasteiger charge is 2.17. The van der Waals surface area contributed by atoms with Crippen LogP contribution in [0.15, 0.2) is 18.2 Å². The first-order chi connectivity index (χ1) is 12.0. The number of hydrogen-bond donors (Lipinski definition) is 3. The van der Waals surface area contributed by atoms with Crippen LogP contribution in [0.3, 0.4) is 0 Å². The van der Waals surface area contributed by atoms with E-state index in [1.807, 2.05) is 0 Å². The molecule has 25 heavy (non-hydrogen) atoms. The van der Waals surface area contributed by atoms with Gasteiger partial charge in [0.15, 0.2) is 0 Å². The van der Waals surface area contributed by atoms with Gasteiger partial charge in [-0.3, -0.25) is 0 Å². The first kappa shape index (κ1) is 19.5. The van der Waals surface area contributed by atoms with Crippen LogP contribution in [-0.2, 0) is 4.74 Å². The maximum atomic E-state index is 12.0. The molecule has 2 rings (SSSR count). The van der Waals surface area contributed by atoms with E-state index in [1.54, 1.807) is 19.1 Å². The Kier molecular flexibility index (Phi) is 7.49. The lowest BCUT2D eigenvalue weighted by Gasteiger charge is -2.29. The number of piperidine rings is 1. The molecule has 7 nitrogen and oxygen atoms in total. The van der Waals surface area contributed by atoms with E-state index in [9.17, 15) is 14.7 Å². The number of aliphatic hydroxyl groups is 1. The number of carbonyl (C=O) groups excluding carboxylic acids is 2. The highest BCUT2D eigenvalue weighted by Crippen LogP contribution is 2.21. The summed E-state index contributed by atoms with van der Waals surface area (Å²) in [5.41, 5.74) is 0.680. The minimum Gasteiger partial charge on any atom is -0.462 e. The number of rotatable bonds is 6. The summed E-state index contributed by atoms with van der Waals surface area (Å²) in [5, 5.41) is 15.2. The standard InChI is InChI=1S/C17H24ClN3O4/c1-2-25-16(23)14-11-12(3-4-15(14)18)20-17(24)19-7-10-21-8-5-13(22)6-9-21/h3-4,11,13,22H,2,5-10H2,1H3,(H2,19,20,24). The second-order valence-electron chi connectivity index (χ2n) is 5.87. The molecule has 0 radical (unpaired) electrons. The van der Waals surface area contributed by atoms with Crippen molar-refractivity contribution in [3.05, 3.63) is 28.8 Å². The Bertz CT molecular complexity index is 604. The van der Waals surface area contributed by atoms with Gasteiger partial charge in [0.1, 0.15) is 0 Å². The largest absolute Gasteiger partial charge is 0.462 e. The van der Waals surface area contributed by atoms with Crippen LogP contribution in [0.25, 0.3) is 0 Å². The zero-order valence-electron chi connectivity index (χ0n) is 14.3. The molecule has 1 aliphatic rings. The molecule has 0 bridgehead atoms. The predicted molar refractivity (Wildman–Crippen MR) is 96.1 cm³/mol. The fourth-order valence-corrected chi connectivity index (χ4v) is 2.81. The summed E-state index contributed by atoms with van der Waals surface area (Å²) in [6.07, 6.45) is 1.34. The fraction of sp³-hybridized carbons (Fsp3) is 0.529. The number of nitrogens with zero attached hydrogens (tertiary/aromatic N) is 1. The number of likely N-dealkylation sites (tertiary alicyclic amines) is 1. The smallest absolute Gasteiger partial charge is 0.339 e. The summed E-state index contributed by atoms with van der Waals surface area (Å²) in [6.45, 7) is 4.87. The molecule has 0 atom stereocenters. The van der Waals surface area contributed by atoms with Crippen molar-refractivity contribution in [2.24, 2.45) is 0 Å². The number of urea groups is 1. The van der Waals surface area contributed by atoms with Gasteiger partial charge < -0.3 is 25.4 Å². The average Bonchev–Trinajstić information content (AvgIpc) is 2.58. The first-order valence-corrected chi connectivity index (χ1v) is 8.79. The number of amides is 2. The van der Waals surface area contributed by atoms with Gasteiger partial charge in [-0.25, -0.2) is 9.59 Å². The van der Waals surface area contributed by atoms with Crippen LogP contribution in [0.2, 0.25) is 5.02 Å². The van der Waals surface area contributed by atoms with E-state index in [-0.39, 0.29) is 29.3 Å². The molecule has 0 spiro atoms. The molecule has 0 saturated carbocycles. The number of hydrogen-bond acceptors (Lipinski definition) is 5. The Morgan fingerprint density at radius 2 is 2.08 bits per heavy atom. The van der Waals surface area contributed by atoms with Crippen molar-refractivity contribution in [3.8, 4) is 0 Å². The van der Waals surface area contributed by atoms with Crippen LogP contribution in [0.1, 0.15) is 30.1 Å². The van der Waals surface area contributed by atoms with Crippen LogP contribution in [0, 0.1) is 0 Å². The van der Waals surface area contributed by atoms with Crippen molar-refractivity contribution in [2.75, 3.05) is 38.1 Å². The zero-order chi connectivity index (χ0) is 18.2. The molecule has 0 aromatic heterocycles. The van der Waals surface area contributed by atoms with Crippen LogP contribution >= 0.6 is 11.6 Å². The van der Waals surface area contributed by atoms with Crippen LogP contribution in [0.5, 0.6) is 0 Å². The van der Waals surface area contributed by atoms with E-state index < -0.39 is 5.97 Å². The molecule has 1 aromatic rings. The Labute approximate surface area is 152 Å². The summed E-state index contributed by atoms with van der Waals surface area (Å²) in [4.78, 5) is 26.0. The van der Waals surface area contributed by atoms with E-state index in [4.69, 9.17) is 16.3 Å². The molecular formula is C17H24ClN3O4. The van der Waals surface area contributed by atoms with Crippen LogP contribution in [0.4, 0.5) is 10.5 Å². The topological polar surface area (TPSA) is 90.9 Å². The fourth-order valence-electron chi connectivity index (χ4n) is 2.61. The van der Waals surface area contributed by atoms with E-state index in [1.165, 1.54) is 6.07 Å². The minimum atomic E-state index is -0.524. The third kappa shape index (κ3) is 6.19. The quantitative estimate of drug-likeness (QED) is 0.668. The lowest BCUT2D eigenvalue weighted by molar-refractivity contribution is 0.0526. The van der Waals surface area contributed by atoms with Gasteiger partial charge in [-0.15, -0.1) is 0 Å². The number of halogens is 1. The van der Waals surface area contributed by atoms with E-state index >= 15 is 0 Å². The summed E-state index contributed by atoms with van der Waals surface area (Å²) >= 11 is 5.99. The molecule has 8 heteroatoms. The van der Waals surface area contributed by atoms with Gasteiger partial charge in [-0.05, 0) is 38.0 Å². The number of anilines is 1. The number of benzene rings is 1. The Hall–Kier alpha value is -1.83. The molecule has 0 aliphatic carbocycles. The predicted octanol–water partition coefficient (Wildman–Crippen LogP) is 2.09. The molecule has 2 amide bonds. The monoisotopic (exact) mass is 369 g/mol. The van der Waals surface area contributed by atoms with Crippen molar-refractivity contribution >= 4 is 29.3 Å². The lowest BCUT2D eigenvalue weighted by Crippen LogP contribution is -2.41. The number of carbonyl (C=O) groups is 2. The summed E-state index contributed by atoms with van der Waals surface area (Å²) in [5.74, 6) is -0.524. The summed E-state index contributed by atoms with van der Waals surface area (Å²) < 4.78 is 4.93. The summed E-state index contributed by atoms with van der Waals surface area (Å²) in [6, 6.07) is 4.31. The van der Waals surface area contributed by atoms with E-state index in [0.29, 0.717) is 12.2 Å². The molecular weight excluding hydrogens is 346 g/mol. The zero-order valence-corrected chi connectivity index (χ0v) is 15.0. The normalized spacial score (nSPS) is 15.6. The summed E-state index contributed by atoms with van der Waals surface area (Å²) in [7, 11) is 0. The second kappa shape index (κ2) is 9.60. The molecule has 1 saturated heterocycles. The Balaban J connectivity index is 1.80. The van der Waals surface area contributed by atoms with Crippen molar-refractivity contribution in [3.63, 3.8) is 0 Å². The van der Waals surface area contributed by atoms with Gasteiger partial charge in [0.2, 0.25) is 0 Å². The third-order valence-electron chi connectivity index (χ3n) is 3.99. The van der Waals surface area contributed by atoms with Gasteiger partial charge in [-0.2, -0.15) is 0 Å². The molecule has 1 fully saturated rings. The highest BCUT2D eigenvalue weighted by molar-refractivity contribution is 6.33. The van der Waals surface area contributed by atoms with E-state index in [2.05, 4.69) is 15.5 Å². The number of aliphatic hydroxyl groups excluding tert-OH is 1. The molecule has 138 valence electrons. The Morgan fingerprint density at radius 1 is 1.36 bits per heavy atom. The van der Waals surface area contributed by atoms with Gasteiger partial charge in [-0.1, -0.05) is 11.6 Å². The number of nitrogens with one attached hydrogen (secondary N) is 2. The maximum Gasteiger partial charge on any atom is 0.339 e. The molecule has 1 aliphatic heterocycles. The molecule has 3 N–H and O–H groups in total. The van der Waals surface area contributed by atoms with Crippen molar-refractivity contribution in [2.45, 2.75) is 25.9 Å². The lowest BCUT2D eigenvalue weighted by atomic mass is 10.1. The van der Waals surface area contributed by atoms with Gasteiger partial charge in [0.25, 0.3) is 0 Å². The average molecular weight is 370 g/mol. The SMILES string of the molecule is CCOC(=O)c1cc(NC(=O)NCCN2CCC(O)CC2)ccc1Cl. The minimum absolute atomic E-state index is 0.203. The molecule has 0 unspecified atom stereocenters. The van der Waals surface area contributed by atoms with Crippen molar-refractivity contribution < 1.29 is 19.4 Å². The maximum absolute atomic E-state index is 12.0. The first-order valence-electron chi connectivity index (χ1n) is 8.41. The van der Waals surface area contributed by atoms with Crippen LogP contribution < -0.4 is 10.6 Å². The van der Waals surface area contributed by atoms with Crippen molar-refractivity contribution in [1.82, 2.24) is 10.2 Å². The molecule has 1 heterocycles. The molecule has 1 aromatic carbocycles.